The average molecular weight is 310 g/mol. The quantitative estimate of drug-likeness (QED) is 0.763. The molecule has 0 aliphatic rings. The second-order valence-corrected chi connectivity index (χ2v) is 4.45. The molecule has 76 valence electrons. The maximum atomic E-state index is 5.33. The van der Waals surface area contributed by atoms with E-state index in [-0.39, 0.29) is 0 Å². The van der Waals surface area contributed by atoms with Crippen LogP contribution in [-0.2, 0) is 0 Å². The number of benzene rings is 2. The Kier molecular flexibility index (Phi) is 3.26. The second-order valence-electron chi connectivity index (χ2n) is 3.21. The van der Waals surface area contributed by atoms with Gasteiger partial charge in [-0.2, -0.15) is 0 Å². The van der Waals surface area contributed by atoms with Crippen LogP contribution in [0.1, 0.15) is 0 Å². The number of methoxy groups -OCH3 is 1. The Morgan fingerprint density at radius 2 is 1.60 bits per heavy atom. The first-order valence-corrected chi connectivity index (χ1v) is 5.78. The summed E-state index contributed by atoms with van der Waals surface area (Å²) in [7, 11) is 1.70. The van der Waals surface area contributed by atoms with Crippen LogP contribution in [0.3, 0.4) is 0 Å². The number of ether oxygens (including phenoxy) is 1. The molecule has 0 heterocycles. The Morgan fingerprint density at radius 1 is 0.933 bits per heavy atom. The summed E-state index contributed by atoms with van der Waals surface area (Å²) in [5.41, 5.74) is 2.32. The van der Waals surface area contributed by atoms with Crippen molar-refractivity contribution >= 4 is 22.6 Å². The van der Waals surface area contributed by atoms with E-state index in [1.54, 1.807) is 7.11 Å². The normalized spacial score (nSPS) is 10.0. The second kappa shape index (κ2) is 4.66. The van der Waals surface area contributed by atoms with E-state index < -0.39 is 0 Å². The van der Waals surface area contributed by atoms with E-state index in [2.05, 4.69) is 52.9 Å². The fourth-order valence-corrected chi connectivity index (χ4v) is 1.87. The summed E-state index contributed by atoms with van der Waals surface area (Å²) in [6, 6.07) is 16.5. The van der Waals surface area contributed by atoms with Gasteiger partial charge in [-0.15, -0.1) is 0 Å². The number of hydrogen-bond donors (Lipinski definition) is 0. The molecule has 15 heavy (non-hydrogen) atoms. The van der Waals surface area contributed by atoms with Crippen LogP contribution < -0.4 is 4.74 Å². The summed E-state index contributed by atoms with van der Waals surface area (Å²) in [6.45, 7) is 0. The van der Waals surface area contributed by atoms with Crippen LogP contribution in [-0.4, -0.2) is 7.11 Å². The zero-order valence-corrected chi connectivity index (χ0v) is 10.6. The molecule has 2 aromatic rings. The predicted octanol–water partition coefficient (Wildman–Crippen LogP) is 3.97. The standard InChI is InChI=1S/C13H11IO/c1-15-13-5-3-2-4-12(13)10-6-8-11(14)9-7-10/h2-9H,1H3. The van der Waals surface area contributed by atoms with Crippen LogP contribution in [0, 0.1) is 3.57 Å². The summed E-state index contributed by atoms with van der Waals surface area (Å²) in [4.78, 5) is 0. The lowest BCUT2D eigenvalue weighted by Crippen LogP contribution is -1.87. The van der Waals surface area contributed by atoms with E-state index >= 15 is 0 Å². The minimum atomic E-state index is 0.915. The van der Waals surface area contributed by atoms with Crippen molar-refractivity contribution in [2.24, 2.45) is 0 Å². The Morgan fingerprint density at radius 3 is 2.27 bits per heavy atom. The highest BCUT2D eigenvalue weighted by molar-refractivity contribution is 14.1. The SMILES string of the molecule is COc1ccccc1-c1ccc(I)cc1. The van der Waals surface area contributed by atoms with E-state index in [0.29, 0.717) is 0 Å². The molecule has 0 fully saturated rings. The van der Waals surface area contributed by atoms with Gasteiger partial charge in [0, 0.05) is 9.13 Å². The lowest BCUT2D eigenvalue weighted by atomic mass is 10.1. The molecule has 0 unspecified atom stereocenters. The molecule has 0 N–H and O–H groups in total. The van der Waals surface area contributed by atoms with Crippen molar-refractivity contribution in [1.29, 1.82) is 0 Å². The highest BCUT2D eigenvalue weighted by Crippen LogP contribution is 2.29. The minimum Gasteiger partial charge on any atom is -0.496 e. The molecule has 2 aromatic carbocycles. The maximum Gasteiger partial charge on any atom is 0.126 e. The topological polar surface area (TPSA) is 9.23 Å². The van der Waals surface area contributed by atoms with Crippen molar-refractivity contribution in [2.45, 2.75) is 0 Å². The van der Waals surface area contributed by atoms with Gasteiger partial charge in [0.25, 0.3) is 0 Å². The van der Waals surface area contributed by atoms with Crippen LogP contribution in [0.2, 0.25) is 0 Å². The van der Waals surface area contributed by atoms with E-state index in [9.17, 15) is 0 Å². The van der Waals surface area contributed by atoms with Gasteiger partial charge in [-0.25, -0.2) is 0 Å². The van der Waals surface area contributed by atoms with Crippen molar-refractivity contribution in [3.8, 4) is 16.9 Å². The minimum absolute atomic E-state index is 0.915. The highest BCUT2D eigenvalue weighted by atomic mass is 127. The summed E-state index contributed by atoms with van der Waals surface area (Å²) < 4.78 is 6.57. The maximum absolute atomic E-state index is 5.33. The van der Waals surface area contributed by atoms with Crippen molar-refractivity contribution in [1.82, 2.24) is 0 Å². The number of rotatable bonds is 2. The molecule has 0 aliphatic heterocycles. The van der Waals surface area contributed by atoms with Crippen molar-refractivity contribution in [3.05, 3.63) is 52.1 Å². The van der Waals surface area contributed by atoms with Gasteiger partial charge in [0.05, 0.1) is 7.11 Å². The van der Waals surface area contributed by atoms with Crippen LogP contribution in [0.15, 0.2) is 48.5 Å². The van der Waals surface area contributed by atoms with E-state index in [1.165, 1.54) is 9.13 Å². The first-order valence-electron chi connectivity index (χ1n) is 4.70. The lowest BCUT2D eigenvalue weighted by molar-refractivity contribution is 0.416. The molecular weight excluding hydrogens is 299 g/mol. The Hall–Kier alpha value is -1.03. The van der Waals surface area contributed by atoms with Gasteiger partial charge in [-0.05, 0) is 46.4 Å². The summed E-state index contributed by atoms with van der Waals surface area (Å²) in [5.74, 6) is 0.915. The summed E-state index contributed by atoms with van der Waals surface area (Å²) >= 11 is 2.30. The van der Waals surface area contributed by atoms with E-state index in [1.807, 2.05) is 18.2 Å². The van der Waals surface area contributed by atoms with Crippen LogP contribution in [0.4, 0.5) is 0 Å². The van der Waals surface area contributed by atoms with E-state index in [4.69, 9.17) is 4.74 Å². The third-order valence-electron chi connectivity index (χ3n) is 2.26. The van der Waals surface area contributed by atoms with Gasteiger partial charge in [0.15, 0.2) is 0 Å². The lowest BCUT2D eigenvalue weighted by Gasteiger charge is -2.07. The molecule has 0 aromatic heterocycles. The first-order chi connectivity index (χ1) is 7.31. The Balaban J connectivity index is 2.49. The third-order valence-corrected chi connectivity index (χ3v) is 2.98. The molecule has 0 bridgehead atoms. The average Bonchev–Trinajstić information content (AvgIpc) is 2.30. The molecule has 0 atom stereocenters. The summed E-state index contributed by atoms with van der Waals surface area (Å²) in [5, 5.41) is 0. The molecule has 0 amide bonds. The number of para-hydroxylation sites is 1. The third kappa shape index (κ3) is 2.31. The Labute approximate surface area is 103 Å². The fraction of sp³-hybridized carbons (Fsp3) is 0.0769. The predicted molar refractivity (Wildman–Crippen MR) is 71.1 cm³/mol. The Bertz CT molecular complexity index is 448. The molecule has 0 spiro atoms. The molecule has 2 heteroatoms. The van der Waals surface area contributed by atoms with Crippen molar-refractivity contribution in [2.75, 3.05) is 7.11 Å². The first kappa shape index (κ1) is 10.5. The van der Waals surface area contributed by atoms with Gasteiger partial charge in [-0.1, -0.05) is 30.3 Å². The van der Waals surface area contributed by atoms with Crippen LogP contribution >= 0.6 is 22.6 Å². The zero-order chi connectivity index (χ0) is 10.7. The van der Waals surface area contributed by atoms with Gasteiger partial charge in [0.1, 0.15) is 5.75 Å². The molecular formula is C13H11IO. The summed E-state index contributed by atoms with van der Waals surface area (Å²) in [6.07, 6.45) is 0. The molecule has 0 saturated carbocycles. The smallest absolute Gasteiger partial charge is 0.126 e. The fourth-order valence-electron chi connectivity index (χ4n) is 1.51. The largest absolute Gasteiger partial charge is 0.496 e. The van der Waals surface area contributed by atoms with Gasteiger partial charge < -0.3 is 4.74 Å². The van der Waals surface area contributed by atoms with Gasteiger partial charge in [-0.3, -0.25) is 0 Å². The van der Waals surface area contributed by atoms with Crippen molar-refractivity contribution in [3.63, 3.8) is 0 Å². The molecule has 0 radical (unpaired) electrons. The van der Waals surface area contributed by atoms with Crippen LogP contribution in [0.5, 0.6) is 5.75 Å². The molecule has 2 rings (SSSR count). The number of halogens is 1. The molecule has 0 saturated heterocycles. The van der Waals surface area contributed by atoms with Crippen LogP contribution in [0.25, 0.3) is 11.1 Å². The van der Waals surface area contributed by atoms with Gasteiger partial charge in [0.2, 0.25) is 0 Å². The zero-order valence-electron chi connectivity index (χ0n) is 8.41. The van der Waals surface area contributed by atoms with Gasteiger partial charge >= 0.3 is 0 Å². The monoisotopic (exact) mass is 310 g/mol. The molecule has 1 nitrogen and oxygen atoms in total. The van der Waals surface area contributed by atoms with E-state index in [0.717, 1.165) is 11.3 Å². The number of hydrogen-bond acceptors (Lipinski definition) is 1. The van der Waals surface area contributed by atoms with Crippen molar-refractivity contribution < 1.29 is 4.74 Å². The highest BCUT2D eigenvalue weighted by Gasteiger charge is 2.03. The molecule has 0 aliphatic carbocycles.